The average molecular weight is 256 g/mol. The zero-order valence-electron chi connectivity index (χ0n) is 9.47. The average Bonchev–Trinajstić information content (AvgIpc) is 2.90. The molecule has 1 aromatic carbocycles. The molecule has 1 N–H and O–H groups in total. The van der Waals surface area contributed by atoms with E-state index in [0.29, 0.717) is 0 Å². The van der Waals surface area contributed by atoms with Gasteiger partial charge in [0.2, 0.25) is 0 Å². The van der Waals surface area contributed by atoms with Crippen molar-refractivity contribution in [1.82, 2.24) is 15.0 Å². The summed E-state index contributed by atoms with van der Waals surface area (Å²) in [4.78, 5) is 11.4. The van der Waals surface area contributed by atoms with Crippen LogP contribution in [0.25, 0.3) is 22.5 Å². The van der Waals surface area contributed by atoms with E-state index in [0.717, 1.165) is 27.5 Å². The maximum atomic E-state index is 5.90. The summed E-state index contributed by atoms with van der Waals surface area (Å²) in [5.74, 6) is 0. The van der Waals surface area contributed by atoms with Crippen LogP contribution in [0.2, 0.25) is 5.02 Å². The summed E-state index contributed by atoms with van der Waals surface area (Å²) >= 11 is 5.90. The normalized spacial score (nSPS) is 10.5. The minimum atomic E-state index is 0.730. The highest BCUT2D eigenvalue weighted by molar-refractivity contribution is 6.30. The molecule has 0 radical (unpaired) electrons. The molecule has 18 heavy (non-hydrogen) atoms. The van der Waals surface area contributed by atoms with Gasteiger partial charge in [0.1, 0.15) is 6.33 Å². The SMILES string of the molecule is Clc1ccc(-c2[nH]ccc2-c2ccncn2)cc1. The van der Waals surface area contributed by atoms with Crippen LogP contribution in [-0.2, 0) is 0 Å². The Kier molecular flexibility index (Phi) is 2.82. The Bertz CT molecular complexity index is 644. The van der Waals surface area contributed by atoms with E-state index in [1.54, 1.807) is 12.5 Å². The van der Waals surface area contributed by atoms with Crippen molar-refractivity contribution in [2.75, 3.05) is 0 Å². The first-order valence-electron chi connectivity index (χ1n) is 5.54. The highest BCUT2D eigenvalue weighted by Gasteiger charge is 2.09. The molecule has 0 saturated heterocycles. The predicted molar refractivity (Wildman–Crippen MR) is 72.3 cm³/mol. The minimum absolute atomic E-state index is 0.730. The first-order valence-corrected chi connectivity index (χ1v) is 5.92. The smallest absolute Gasteiger partial charge is 0.116 e. The second-order valence-corrected chi connectivity index (χ2v) is 4.30. The number of halogens is 1. The van der Waals surface area contributed by atoms with Crippen molar-refractivity contribution < 1.29 is 0 Å². The molecule has 3 nitrogen and oxygen atoms in total. The van der Waals surface area contributed by atoms with Gasteiger partial charge in [-0.15, -0.1) is 0 Å². The number of nitrogens with zero attached hydrogens (tertiary/aromatic N) is 2. The van der Waals surface area contributed by atoms with E-state index in [1.807, 2.05) is 42.6 Å². The summed E-state index contributed by atoms with van der Waals surface area (Å²) in [5, 5.41) is 0.730. The minimum Gasteiger partial charge on any atom is -0.361 e. The van der Waals surface area contributed by atoms with Crippen LogP contribution in [0.3, 0.4) is 0 Å². The van der Waals surface area contributed by atoms with E-state index < -0.39 is 0 Å². The number of aromatic amines is 1. The number of aromatic nitrogens is 3. The number of hydrogen-bond acceptors (Lipinski definition) is 2. The fourth-order valence-electron chi connectivity index (χ4n) is 1.89. The van der Waals surface area contributed by atoms with Gasteiger partial charge in [0.25, 0.3) is 0 Å². The van der Waals surface area contributed by atoms with Crippen molar-refractivity contribution in [3.63, 3.8) is 0 Å². The van der Waals surface area contributed by atoms with Gasteiger partial charge < -0.3 is 4.98 Å². The van der Waals surface area contributed by atoms with E-state index in [1.165, 1.54) is 0 Å². The second kappa shape index (κ2) is 4.63. The molecule has 0 amide bonds. The fourth-order valence-corrected chi connectivity index (χ4v) is 2.01. The molecule has 0 spiro atoms. The fraction of sp³-hybridized carbons (Fsp3) is 0. The summed E-state index contributed by atoms with van der Waals surface area (Å²) < 4.78 is 0. The van der Waals surface area contributed by atoms with Crippen molar-refractivity contribution >= 4 is 11.6 Å². The van der Waals surface area contributed by atoms with Crippen molar-refractivity contribution in [3.8, 4) is 22.5 Å². The molecule has 2 aromatic heterocycles. The van der Waals surface area contributed by atoms with E-state index >= 15 is 0 Å². The van der Waals surface area contributed by atoms with Crippen LogP contribution in [0, 0.1) is 0 Å². The largest absolute Gasteiger partial charge is 0.361 e. The Morgan fingerprint density at radius 2 is 1.83 bits per heavy atom. The Balaban J connectivity index is 2.10. The van der Waals surface area contributed by atoms with Gasteiger partial charge >= 0.3 is 0 Å². The quantitative estimate of drug-likeness (QED) is 0.757. The highest BCUT2D eigenvalue weighted by Crippen LogP contribution is 2.30. The summed E-state index contributed by atoms with van der Waals surface area (Å²) in [6.45, 7) is 0. The molecule has 88 valence electrons. The van der Waals surface area contributed by atoms with E-state index in [9.17, 15) is 0 Å². The van der Waals surface area contributed by atoms with Gasteiger partial charge in [0, 0.05) is 23.0 Å². The third kappa shape index (κ3) is 2.00. The molecule has 2 heterocycles. The lowest BCUT2D eigenvalue weighted by Crippen LogP contribution is -1.86. The first kappa shape index (κ1) is 11.0. The molecular formula is C14H10ClN3. The Labute approximate surface area is 109 Å². The molecule has 0 bridgehead atoms. The Hall–Kier alpha value is -2.13. The molecule has 0 fully saturated rings. The number of nitrogens with one attached hydrogen (secondary N) is 1. The van der Waals surface area contributed by atoms with Gasteiger partial charge in [0.05, 0.1) is 11.4 Å². The zero-order valence-corrected chi connectivity index (χ0v) is 10.2. The lowest BCUT2D eigenvalue weighted by molar-refractivity contribution is 1.17. The predicted octanol–water partition coefficient (Wildman–Crippen LogP) is 3.79. The van der Waals surface area contributed by atoms with Crippen molar-refractivity contribution in [2.45, 2.75) is 0 Å². The second-order valence-electron chi connectivity index (χ2n) is 3.87. The van der Waals surface area contributed by atoms with Crippen LogP contribution in [0.1, 0.15) is 0 Å². The van der Waals surface area contributed by atoms with Gasteiger partial charge in [-0.3, -0.25) is 0 Å². The number of rotatable bonds is 2. The van der Waals surface area contributed by atoms with Crippen molar-refractivity contribution in [2.24, 2.45) is 0 Å². The molecule has 4 heteroatoms. The molecular weight excluding hydrogens is 246 g/mol. The molecule has 0 aliphatic rings. The maximum absolute atomic E-state index is 5.90. The van der Waals surface area contributed by atoms with Gasteiger partial charge in [-0.25, -0.2) is 9.97 Å². The summed E-state index contributed by atoms with van der Waals surface area (Å²) in [6, 6.07) is 11.6. The van der Waals surface area contributed by atoms with Crippen LogP contribution in [0.5, 0.6) is 0 Å². The first-order chi connectivity index (χ1) is 8.84. The topological polar surface area (TPSA) is 41.6 Å². The zero-order chi connectivity index (χ0) is 12.4. The standard InChI is InChI=1S/C14H10ClN3/c15-11-3-1-10(2-4-11)14-12(5-8-17-14)13-6-7-16-9-18-13/h1-9,17H. The molecule has 0 aliphatic carbocycles. The Morgan fingerprint density at radius 1 is 1.00 bits per heavy atom. The Morgan fingerprint density at radius 3 is 2.56 bits per heavy atom. The van der Waals surface area contributed by atoms with Crippen molar-refractivity contribution in [1.29, 1.82) is 0 Å². The number of hydrogen-bond donors (Lipinski definition) is 1. The molecule has 0 unspecified atom stereocenters. The lowest BCUT2D eigenvalue weighted by Gasteiger charge is -2.03. The van der Waals surface area contributed by atoms with Crippen LogP contribution < -0.4 is 0 Å². The lowest BCUT2D eigenvalue weighted by atomic mass is 10.1. The molecule has 0 saturated carbocycles. The monoisotopic (exact) mass is 255 g/mol. The van der Waals surface area contributed by atoms with Gasteiger partial charge in [0.15, 0.2) is 0 Å². The number of benzene rings is 1. The van der Waals surface area contributed by atoms with Crippen LogP contribution in [0.4, 0.5) is 0 Å². The van der Waals surface area contributed by atoms with E-state index in [2.05, 4.69) is 15.0 Å². The van der Waals surface area contributed by atoms with Crippen molar-refractivity contribution in [3.05, 3.63) is 60.1 Å². The summed E-state index contributed by atoms with van der Waals surface area (Å²) in [7, 11) is 0. The van der Waals surface area contributed by atoms with Crippen LogP contribution in [-0.4, -0.2) is 15.0 Å². The number of H-pyrrole nitrogens is 1. The molecule has 3 aromatic rings. The maximum Gasteiger partial charge on any atom is 0.116 e. The molecule has 0 atom stereocenters. The van der Waals surface area contributed by atoms with Gasteiger partial charge in [-0.1, -0.05) is 23.7 Å². The summed E-state index contributed by atoms with van der Waals surface area (Å²) in [6.07, 6.45) is 5.19. The third-order valence-electron chi connectivity index (χ3n) is 2.74. The molecule has 0 aliphatic heterocycles. The van der Waals surface area contributed by atoms with Gasteiger partial charge in [-0.2, -0.15) is 0 Å². The van der Waals surface area contributed by atoms with Gasteiger partial charge in [-0.05, 0) is 29.8 Å². The highest BCUT2D eigenvalue weighted by atomic mass is 35.5. The summed E-state index contributed by atoms with van der Waals surface area (Å²) in [5.41, 5.74) is 4.07. The molecule has 3 rings (SSSR count). The van der Waals surface area contributed by atoms with E-state index in [-0.39, 0.29) is 0 Å². The third-order valence-corrected chi connectivity index (χ3v) is 2.99. The van der Waals surface area contributed by atoms with Crippen LogP contribution in [0.15, 0.2) is 55.1 Å². The van der Waals surface area contributed by atoms with E-state index in [4.69, 9.17) is 11.6 Å². The van der Waals surface area contributed by atoms with Crippen LogP contribution >= 0.6 is 11.6 Å².